The van der Waals surface area contributed by atoms with Gasteiger partial charge in [0.1, 0.15) is 12.2 Å². The van der Waals surface area contributed by atoms with Crippen LogP contribution in [0.2, 0.25) is 0 Å². The average molecular weight is 236 g/mol. The van der Waals surface area contributed by atoms with Gasteiger partial charge in [-0.1, -0.05) is 0 Å². The molecule has 0 radical (unpaired) electrons. The van der Waals surface area contributed by atoms with Crippen molar-refractivity contribution in [3.05, 3.63) is 36.4 Å². The first-order chi connectivity index (χ1) is 7.66. The number of hydrogen-bond donors (Lipinski definition) is 1. The van der Waals surface area contributed by atoms with E-state index in [9.17, 15) is 4.21 Å². The van der Waals surface area contributed by atoms with Gasteiger partial charge in [0.2, 0.25) is 0 Å². The molecule has 2 N–H and O–H groups in total. The number of aromatic nitrogens is 3. The molecule has 0 aliphatic rings. The number of hydrogen-bond acceptors (Lipinski definition) is 4. The molecule has 0 fully saturated rings. The van der Waals surface area contributed by atoms with Crippen molar-refractivity contribution in [3.63, 3.8) is 0 Å². The van der Waals surface area contributed by atoms with Crippen LogP contribution in [0.4, 0.5) is 5.69 Å². The summed E-state index contributed by atoms with van der Waals surface area (Å²) in [6.07, 6.45) is 1.45. The smallest absolute Gasteiger partial charge is 0.139 e. The molecule has 0 saturated heterocycles. The van der Waals surface area contributed by atoms with Gasteiger partial charge in [-0.05, 0) is 24.3 Å². The third-order valence-electron chi connectivity index (χ3n) is 2.21. The molecule has 6 heteroatoms. The number of aryl methyl sites for hydroxylation is 1. The summed E-state index contributed by atoms with van der Waals surface area (Å²) in [5, 5.41) is 3.93. The van der Waals surface area contributed by atoms with Gasteiger partial charge in [-0.25, -0.2) is 4.98 Å². The van der Waals surface area contributed by atoms with Crippen LogP contribution in [0, 0.1) is 0 Å². The second-order valence-electron chi connectivity index (χ2n) is 3.36. The second kappa shape index (κ2) is 4.44. The fraction of sp³-hybridized carbons (Fsp3) is 0.200. The summed E-state index contributed by atoms with van der Waals surface area (Å²) in [6, 6.07) is 7.01. The van der Waals surface area contributed by atoms with Gasteiger partial charge in [0.05, 0.1) is 16.6 Å². The fourth-order valence-corrected chi connectivity index (χ4v) is 2.37. The van der Waals surface area contributed by atoms with E-state index >= 15 is 0 Å². The summed E-state index contributed by atoms with van der Waals surface area (Å²) in [4.78, 5) is 4.78. The maximum Gasteiger partial charge on any atom is 0.139 e. The van der Waals surface area contributed by atoms with E-state index in [4.69, 9.17) is 5.73 Å². The van der Waals surface area contributed by atoms with E-state index in [1.807, 2.05) is 0 Å². The van der Waals surface area contributed by atoms with Crippen LogP contribution in [-0.2, 0) is 23.6 Å². The first-order valence-electron chi connectivity index (χ1n) is 4.73. The number of rotatable bonds is 3. The minimum Gasteiger partial charge on any atom is -0.399 e. The Morgan fingerprint density at radius 2 is 2.06 bits per heavy atom. The van der Waals surface area contributed by atoms with Gasteiger partial charge in [0.15, 0.2) is 0 Å². The van der Waals surface area contributed by atoms with E-state index in [1.165, 1.54) is 6.33 Å². The van der Waals surface area contributed by atoms with Crippen molar-refractivity contribution in [2.24, 2.45) is 7.05 Å². The largest absolute Gasteiger partial charge is 0.399 e. The minimum atomic E-state index is -1.11. The number of nitrogen functional groups attached to an aromatic ring is 1. The Hall–Kier alpha value is -1.69. The molecule has 5 nitrogen and oxygen atoms in total. The van der Waals surface area contributed by atoms with Gasteiger partial charge in [-0.15, -0.1) is 0 Å². The summed E-state index contributed by atoms with van der Waals surface area (Å²) in [6.45, 7) is 0. The highest BCUT2D eigenvalue weighted by molar-refractivity contribution is 7.84. The highest BCUT2D eigenvalue weighted by atomic mass is 32.2. The number of benzene rings is 1. The molecule has 0 aliphatic carbocycles. The van der Waals surface area contributed by atoms with Crippen LogP contribution in [0.3, 0.4) is 0 Å². The lowest BCUT2D eigenvalue weighted by Gasteiger charge is -2.02. The van der Waals surface area contributed by atoms with Crippen LogP contribution in [0.1, 0.15) is 5.82 Å². The molecule has 0 aliphatic heterocycles. The van der Waals surface area contributed by atoms with Crippen molar-refractivity contribution in [2.75, 3.05) is 5.73 Å². The summed E-state index contributed by atoms with van der Waals surface area (Å²) < 4.78 is 13.6. The Kier molecular flexibility index (Phi) is 3.00. The van der Waals surface area contributed by atoms with E-state index in [-0.39, 0.29) is 0 Å². The van der Waals surface area contributed by atoms with Gasteiger partial charge < -0.3 is 5.73 Å². The predicted octanol–water partition coefficient (Wildman–Crippen LogP) is 0.705. The first kappa shape index (κ1) is 10.8. The van der Waals surface area contributed by atoms with E-state index in [0.717, 1.165) is 4.90 Å². The maximum absolute atomic E-state index is 12.0. The Bertz CT molecular complexity index is 506. The number of nitrogens with zero attached hydrogens (tertiary/aromatic N) is 3. The lowest BCUT2D eigenvalue weighted by molar-refractivity contribution is 0.675. The zero-order valence-corrected chi connectivity index (χ0v) is 9.65. The molecule has 2 aromatic rings. The molecule has 1 atom stereocenters. The van der Waals surface area contributed by atoms with Crippen molar-refractivity contribution in [3.8, 4) is 0 Å². The van der Waals surface area contributed by atoms with Gasteiger partial charge >= 0.3 is 0 Å². The normalized spacial score (nSPS) is 12.6. The summed E-state index contributed by atoms with van der Waals surface area (Å²) in [5.41, 5.74) is 6.23. The Morgan fingerprint density at radius 3 is 2.62 bits per heavy atom. The van der Waals surface area contributed by atoms with Crippen molar-refractivity contribution in [1.29, 1.82) is 0 Å². The van der Waals surface area contributed by atoms with Crippen LogP contribution in [-0.4, -0.2) is 19.0 Å². The van der Waals surface area contributed by atoms with Crippen LogP contribution in [0.25, 0.3) is 0 Å². The van der Waals surface area contributed by atoms with Crippen molar-refractivity contribution >= 4 is 16.5 Å². The van der Waals surface area contributed by atoms with Crippen molar-refractivity contribution < 1.29 is 4.21 Å². The average Bonchev–Trinajstić information content (AvgIpc) is 2.65. The van der Waals surface area contributed by atoms with E-state index in [0.29, 0.717) is 17.3 Å². The zero-order chi connectivity index (χ0) is 11.5. The van der Waals surface area contributed by atoms with Gasteiger partial charge in [0, 0.05) is 17.6 Å². The molecule has 2 rings (SSSR count). The molecule has 16 heavy (non-hydrogen) atoms. The zero-order valence-electron chi connectivity index (χ0n) is 8.83. The molecule has 1 aromatic carbocycles. The van der Waals surface area contributed by atoms with Gasteiger partial charge in [0.25, 0.3) is 0 Å². The number of anilines is 1. The molecule has 84 valence electrons. The monoisotopic (exact) mass is 236 g/mol. The molecule has 1 unspecified atom stereocenters. The SMILES string of the molecule is Cn1ncnc1CS(=O)c1ccc(N)cc1. The molecular weight excluding hydrogens is 224 g/mol. The molecule has 0 amide bonds. The molecule has 0 bridgehead atoms. The van der Waals surface area contributed by atoms with E-state index in [2.05, 4.69) is 10.1 Å². The molecular formula is C10H12N4OS. The van der Waals surface area contributed by atoms with E-state index < -0.39 is 10.8 Å². The Balaban J connectivity index is 2.15. The minimum absolute atomic E-state index is 0.362. The fourth-order valence-electron chi connectivity index (χ4n) is 1.27. The summed E-state index contributed by atoms with van der Waals surface area (Å²) in [7, 11) is 0.670. The standard InChI is InChI=1S/C10H12N4OS/c1-14-10(12-7-13-14)6-16(15)9-4-2-8(11)3-5-9/h2-5,7H,6,11H2,1H3. The van der Waals surface area contributed by atoms with E-state index in [1.54, 1.807) is 36.0 Å². The Morgan fingerprint density at radius 1 is 1.38 bits per heavy atom. The van der Waals surface area contributed by atoms with Gasteiger partial charge in [-0.2, -0.15) is 5.10 Å². The summed E-state index contributed by atoms with van der Waals surface area (Å²) >= 11 is 0. The lowest BCUT2D eigenvalue weighted by atomic mass is 10.3. The van der Waals surface area contributed by atoms with Crippen LogP contribution in [0.5, 0.6) is 0 Å². The third kappa shape index (κ3) is 2.27. The molecule has 0 saturated carbocycles. The van der Waals surface area contributed by atoms with Crippen LogP contribution < -0.4 is 5.73 Å². The highest BCUT2D eigenvalue weighted by Gasteiger charge is 2.08. The predicted molar refractivity (Wildman–Crippen MR) is 62.0 cm³/mol. The molecule has 1 aromatic heterocycles. The highest BCUT2D eigenvalue weighted by Crippen LogP contribution is 2.12. The first-order valence-corrected chi connectivity index (χ1v) is 6.05. The number of nitrogens with two attached hydrogens (primary N) is 1. The third-order valence-corrected chi connectivity index (χ3v) is 3.53. The second-order valence-corrected chi connectivity index (χ2v) is 4.81. The summed E-state index contributed by atoms with van der Waals surface area (Å²) in [5.74, 6) is 1.07. The maximum atomic E-state index is 12.0. The van der Waals surface area contributed by atoms with Gasteiger partial charge in [-0.3, -0.25) is 8.89 Å². The molecule has 1 heterocycles. The van der Waals surface area contributed by atoms with Crippen molar-refractivity contribution in [1.82, 2.24) is 14.8 Å². The topological polar surface area (TPSA) is 73.8 Å². The lowest BCUT2D eigenvalue weighted by Crippen LogP contribution is -2.04. The Labute approximate surface area is 95.8 Å². The molecule has 0 spiro atoms. The quantitative estimate of drug-likeness (QED) is 0.796. The van der Waals surface area contributed by atoms with Crippen LogP contribution >= 0.6 is 0 Å². The van der Waals surface area contributed by atoms with Crippen LogP contribution in [0.15, 0.2) is 35.5 Å². The van der Waals surface area contributed by atoms with Crippen molar-refractivity contribution in [2.45, 2.75) is 10.6 Å².